The van der Waals surface area contributed by atoms with Gasteiger partial charge in [0.05, 0.1) is 0 Å². The number of nitrogens with zero attached hydrogens (tertiary/aromatic N) is 1. The molecule has 0 amide bonds. The Kier molecular flexibility index (Phi) is 3.13. The molecule has 0 bridgehead atoms. The Morgan fingerprint density at radius 3 is 2.53 bits per heavy atom. The molecule has 0 saturated heterocycles. The highest BCUT2D eigenvalue weighted by Gasteiger charge is 2.31. The standard InChI is InChI=1S/C12H19B3N2/c1-17(2)11(13)12(14,15)9-7-16-10-6-4-3-5-8(9)10/h3-7,11,16H,13-15H2,1-2H3. The second-order valence-corrected chi connectivity index (χ2v) is 5.61. The molecule has 0 spiro atoms. The minimum atomic E-state index is 0.128. The van der Waals surface area contributed by atoms with Gasteiger partial charge in [-0.2, -0.15) is 0 Å². The Morgan fingerprint density at radius 2 is 1.88 bits per heavy atom. The number of nitrogens with one attached hydrogen (secondary N) is 1. The fourth-order valence-corrected chi connectivity index (χ4v) is 2.48. The predicted molar refractivity (Wildman–Crippen MR) is 83.1 cm³/mol. The molecule has 1 aromatic heterocycles. The lowest BCUT2D eigenvalue weighted by molar-refractivity contribution is 0.351. The maximum atomic E-state index is 3.37. The number of rotatable bonds is 3. The van der Waals surface area contributed by atoms with Crippen molar-refractivity contribution >= 4 is 34.4 Å². The minimum Gasteiger partial charge on any atom is -0.361 e. The molecule has 1 unspecified atom stereocenters. The molecule has 17 heavy (non-hydrogen) atoms. The molecule has 2 aromatic rings. The molecular formula is C12H19B3N2. The number of H-pyrrole nitrogens is 1. The Morgan fingerprint density at radius 1 is 1.24 bits per heavy atom. The number of benzene rings is 1. The van der Waals surface area contributed by atoms with Gasteiger partial charge in [0.15, 0.2) is 0 Å². The van der Waals surface area contributed by atoms with Gasteiger partial charge in [-0.1, -0.05) is 23.4 Å². The SMILES string of the molecule is BC(N(C)C)C(B)(B)c1c[nH]c2ccccc12. The first-order valence-corrected chi connectivity index (χ1v) is 6.17. The van der Waals surface area contributed by atoms with E-state index in [1.165, 1.54) is 16.5 Å². The number of hydrogen-bond donors (Lipinski definition) is 1. The molecular weight excluding hydrogens is 205 g/mol. The molecule has 0 fully saturated rings. The zero-order valence-electron chi connectivity index (χ0n) is 11.4. The highest BCUT2D eigenvalue weighted by atomic mass is 15.1. The van der Waals surface area contributed by atoms with Gasteiger partial charge >= 0.3 is 0 Å². The van der Waals surface area contributed by atoms with Crippen molar-refractivity contribution < 1.29 is 0 Å². The van der Waals surface area contributed by atoms with Gasteiger partial charge in [0, 0.05) is 17.1 Å². The van der Waals surface area contributed by atoms with Crippen LogP contribution in [0.3, 0.4) is 0 Å². The molecule has 1 atom stereocenters. The van der Waals surface area contributed by atoms with E-state index < -0.39 is 0 Å². The summed E-state index contributed by atoms with van der Waals surface area (Å²) in [6, 6.07) is 8.52. The maximum Gasteiger partial charge on any atom is 0.123 e. The molecule has 2 rings (SSSR count). The highest BCUT2D eigenvalue weighted by Crippen LogP contribution is 2.29. The normalized spacial score (nSPS) is 14.3. The summed E-state index contributed by atoms with van der Waals surface area (Å²) in [6.07, 6.45) is 2.16. The third kappa shape index (κ3) is 2.04. The molecule has 0 aliphatic heterocycles. The largest absolute Gasteiger partial charge is 0.361 e. The zero-order valence-corrected chi connectivity index (χ0v) is 11.4. The van der Waals surface area contributed by atoms with Crippen molar-refractivity contribution in [2.24, 2.45) is 0 Å². The van der Waals surface area contributed by atoms with Crippen LogP contribution in [0.4, 0.5) is 0 Å². The summed E-state index contributed by atoms with van der Waals surface area (Å²) in [4.78, 5) is 5.65. The quantitative estimate of drug-likeness (QED) is 0.669. The third-order valence-electron chi connectivity index (χ3n) is 4.10. The van der Waals surface area contributed by atoms with Crippen LogP contribution in [-0.4, -0.2) is 53.5 Å². The van der Waals surface area contributed by atoms with Crippen LogP contribution >= 0.6 is 0 Å². The second-order valence-electron chi connectivity index (χ2n) is 5.61. The smallest absolute Gasteiger partial charge is 0.123 e. The van der Waals surface area contributed by atoms with E-state index in [4.69, 9.17) is 0 Å². The first-order valence-electron chi connectivity index (χ1n) is 6.17. The highest BCUT2D eigenvalue weighted by molar-refractivity contribution is 6.44. The summed E-state index contributed by atoms with van der Waals surface area (Å²) in [6.45, 7) is 0. The summed E-state index contributed by atoms with van der Waals surface area (Å²) in [5, 5.41) is 1.47. The monoisotopic (exact) mass is 224 g/mol. The summed E-state index contributed by atoms with van der Waals surface area (Å²) >= 11 is 0. The van der Waals surface area contributed by atoms with Gasteiger partial charge in [-0.3, -0.25) is 0 Å². The van der Waals surface area contributed by atoms with Crippen molar-refractivity contribution in [2.45, 2.75) is 11.2 Å². The van der Waals surface area contributed by atoms with Gasteiger partial charge in [0.25, 0.3) is 0 Å². The summed E-state index contributed by atoms with van der Waals surface area (Å²) in [5.41, 5.74) is 2.62. The van der Waals surface area contributed by atoms with Gasteiger partial charge in [-0.15, -0.1) is 0 Å². The Labute approximate surface area is 106 Å². The Bertz CT molecular complexity index is 519. The molecule has 1 heterocycles. The van der Waals surface area contributed by atoms with E-state index in [0.717, 1.165) is 0 Å². The summed E-state index contributed by atoms with van der Waals surface area (Å²) in [5.74, 6) is 0.488. The van der Waals surface area contributed by atoms with Crippen LogP contribution in [0.1, 0.15) is 5.56 Å². The number of fused-ring (bicyclic) bond motifs is 1. The van der Waals surface area contributed by atoms with Crippen LogP contribution in [0.15, 0.2) is 30.5 Å². The van der Waals surface area contributed by atoms with E-state index >= 15 is 0 Å². The number of hydrogen-bond acceptors (Lipinski definition) is 1. The van der Waals surface area contributed by atoms with Crippen molar-refractivity contribution in [1.29, 1.82) is 0 Å². The van der Waals surface area contributed by atoms with Crippen molar-refractivity contribution in [3.8, 4) is 0 Å². The molecule has 0 aliphatic carbocycles. The molecule has 5 heteroatoms. The molecule has 1 aromatic carbocycles. The van der Waals surface area contributed by atoms with E-state index in [1.54, 1.807) is 0 Å². The van der Waals surface area contributed by atoms with Crippen molar-refractivity contribution in [2.75, 3.05) is 14.1 Å². The van der Waals surface area contributed by atoms with Gasteiger partial charge in [-0.05, 0) is 31.7 Å². The van der Waals surface area contributed by atoms with Gasteiger partial charge in [-0.25, -0.2) is 0 Å². The second kappa shape index (κ2) is 4.30. The number of aromatic nitrogens is 1. The summed E-state index contributed by atoms with van der Waals surface area (Å²) < 4.78 is 0. The number of aromatic amines is 1. The fourth-order valence-electron chi connectivity index (χ4n) is 2.48. The zero-order chi connectivity index (χ0) is 12.6. The average Bonchev–Trinajstić information content (AvgIpc) is 2.72. The molecule has 2 nitrogen and oxygen atoms in total. The number of likely N-dealkylation sites (N-methyl/N-ethyl adjacent to an activating group) is 1. The van der Waals surface area contributed by atoms with Crippen molar-refractivity contribution in [3.05, 3.63) is 36.0 Å². The minimum absolute atomic E-state index is 0.128. The van der Waals surface area contributed by atoms with Gasteiger partial charge in [0.2, 0.25) is 0 Å². The lowest BCUT2D eigenvalue weighted by Gasteiger charge is -2.37. The van der Waals surface area contributed by atoms with E-state index in [2.05, 4.69) is 78.0 Å². The van der Waals surface area contributed by atoms with E-state index in [9.17, 15) is 0 Å². The fraction of sp³-hybridized carbons (Fsp3) is 0.333. The van der Waals surface area contributed by atoms with E-state index in [0.29, 0.717) is 5.94 Å². The lowest BCUT2D eigenvalue weighted by Crippen LogP contribution is -2.49. The van der Waals surface area contributed by atoms with Gasteiger partial charge in [0.1, 0.15) is 23.5 Å². The maximum absolute atomic E-state index is 3.37. The van der Waals surface area contributed by atoms with Crippen LogP contribution < -0.4 is 0 Å². The molecule has 1 N–H and O–H groups in total. The molecule has 0 radical (unpaired) electrons. The van der Waals surface area contributed by atoms with Crippen molar-refractivity contribution in [1.82, 2.24) is 9.88 Å². The van der Waals surface area contributed by atoms with Crippen LogP contribution in [0.25, 0.3) is 10.9 Å². The topological polar surface area (TPSA) is 19.0 Å². The van der Waals surface area contributed by atoms with Crippen LogP contribution in [0.5, 0.6) is 0 Å². The average molecular weight is 224 g/mol. The van der Waals surface area contributed by atoms with E-state index in [-0.39, 0.29) is 5.21 Å². The molecule has 0 saturated carbocycles. The van der Waals surface area contributed by atoms with Crippen molar-refractivity contribution in [3.63, 3.8) is 0 Å². The lowest BCUT2D eigenvalue weighted by atomic mass is 9.43. The van der Waals surface area contributed by atoms with Crippen LogP contribution in [0, 0.1) is 0 Å². The van der Waals surface area contributed by atoms with Gasteiger partial charge < -0.3 is 9.88 Å². The number of para-hydroxylation sites is 1. The Balaban J connectivity index is 2.52. The predicted octanol–water partition coefficient (Wildman–Crippen LogP) is -0.892. The van der Waals surface area contributed by atoms with E-state index in [1.807, 2.05) is 0 Å². The summed E-state index contributed by atoms with van der Waals surface area (Å²) in [7, 11) is 11.2. The third-order valence-corrected chi connectivity index (χ3v) is 4.10. The first kappa shape index (κ1) is 12.4. The van der Waals surface area contributed by atoms with Crippen LogP contribution in [0.2, 0.25) is 0 Å². The Hall–Kier alpha value is -1.09. The first-order chi connectivity index (χ1) is 7.94. The molecule has 0 aliphatic rings. The molecule has 86 valence electrons. The van der Waals surface area contributed by atoms with Crippen LogP contribution in [-0.2, 0) is 5.21 Å².